The van der Waals surface area contributed by atoms with Gasteiger partial charge < -0.3 is 15.5 Å². The first-order valence-electron chi connectivity index (χ1n) is 4.37. The smallest absolute Gasteiger partial charge is 0.335 e. The minimum absolute atomic E-state index is 0.126. The number of carbonyl (C=O) groups excluding carboxylic acids is 1. The Morgan fingerprint density at radius 2 is 1.67 bits per heavy atom. The van der Waals surface area contributed by atoms with Crippen molar-refractivity contribution in [2.24, 2.45) is 0 Å². The zero-order valence-corrected chi connectivity index (χ0v) is 7.93. The molecule has 0 radical (unpaired) electrons. The number of carboxylic acids is 1. The van der Waals surface area contributed by atoms with E-state index in [-0.39, 0.29) is 24.6 Å². The van der Waals surface area contributed by atoms with Gasteiger partial charge in [-0.2, -0.15) is 0 Å². The predicted octanol–water partition coefficient (Wildman–Crippen LogP) is 0.107. The van der Waals surface area contributed by atoms with Gasteiger partial charge in [0.15, 0.2) is 0 Å². The number of aliphatic hydroxyl groups is 1. The average Bonchev–Trinajstić information content (AvgIpc) is 2.26. The van der Waals surface area contributed by atoms with Crippen LogP contribution in [0.2, 0.25) is 0 Å². The Morgan fingerprint density at radius 1 is 1.13 bits per heavy atom. The minimum Gasteiger partial charge on any atom is -0.478 e. The second-order valence-electron chi connectivity index (χ2n) is 2.86. The van der Waals surface area contributed by atoms with Gasteiger partial charge in [0, 0.05) is 12.1 Å². The molecule has 0 aliphatic carbocycles. The number of benzene rings is 1. The number of hydrogen-bond acceptors (Lipinski definition) is 3. The topological polar surface area (TPSA) is 86.6 Å². The maximum absolute atomic E-state index is 11.3. The van der Waals surface area contributed by atoms with Gasteiger partial charge in [0.2, 0.25) is 0 Å². The molecule has 0 aliphatic heterocycles. The van der Waals surface area contributed by atoms with Gasteiger partial charge in [-0.05, 0) is 24.3 Å². The van der Waals surface area contributed by atoms with Crippen LogP contribution in [0.1, 0.15) is 20.7 Å². The van der Waals surface area contributed by atoms with E-state index < -0.39 is 5.97 Å². The summed E-state index contributed by atoms with van der Waals surface area (Å²) in [7, 11) is 0. The Bertz CT molecular complexity index is 358. The molecule has 1 rings (SSSR count). The van der Waals surface area contributed by atoms with Crippen LogP contribution in [-0.4, -0.2) is 35.2 Å². The van der Waals surface area contributed by atoms with Crippen LogP contribution in [0.5, 0.6) is 0 Å². The van der Waals surface area contributed by atoms with E-state index in [0.717, 1.165) is 0 Å². The fourth-order valence-electron chi connectivity index (χ4n) is 1.04. The molecule has 0 saturated heterocycles. The lowest BCUT2D eigenvalue weighted by Crippen LogP contribution is -2.26. The van der Waals surface area contributed by atoms with Gasteiger partial charge in [0.25, 0.3) is 5.91 Å². The standard InChI is InChI=1S/C10H11NO4/c12-6-5-11-9(13)7-1-3-8(4-2-7)10(14)15/h1-4,12H,5-6H2,(H,11,13)(H,14,15). The molecule has 0 heterocycles. The SMILES string of the molecule is O=C(O)c1ccc(C(=O)NCCO)cc1. The first-order chi connectivity index (χ1) is 7.15. The number of carboxylic acid groups (broad SMARTS) is 1. The average molecular weight is 209 g/mol. The van der Waals surface area contributed by atoms with Crippen molar-refractivity contribution in [1.82, 2.24) is 5.32 Å². The second-order valence-corrected chi connectivity index (χ2v) is 2.86. The molecule has 0 aliphatic rings. The number of amides is 1. The number of aliphatic hydroxyl groups excluding tert-OH is 1. The molecule has 0 atom stereocenters. The van der Waals surface area contributed by atoms with E-state index in [1.165, 1.54) is 24.3 Å². The maximum Gasteiger partial charge on any atom is 0.335 e. The summed E-state index contributed by atoms with van der Waals surface area (Å²) in [5.41, 5.74) is 0.502. The van der Waals surface area contributed by atoms with Gasteiger partial charge in [-0.1, -0.05) is 0 Å². The number of rotatable bonds is 4. The van der Waals surface area contributed by atoms with Gasteiger partial charge in [-0.3, -0.25) is 4.79 Å². The van der Waals surface area contributed by atoms with E-state index in [1.807, 2.05) is 0 Å². The van der Waals surface area contributed by atoms with Crippen LogP contribution in [0.4, 0.5) is 0 Å². The first kappa shape index (κ1) is 11.2. The molecule has 1 aromatic carbocycles. The van der Waals surface area contributed by atoms with E-state index in [1.54, 1.807) is 0 Å². The van der Waals surface area contributed by atoms with Crippen LogP contribution in [-0.2, 0) is 0 Å². The summed E-state index contributed by atoms with van der Waals surface area (Å²) < 4.78 is 0. The third-order valence-electron chi connectivity index (χ3n) is 1.79. The van der Waals surface area contributed by atoms with Crippen molar-refractivity contribution in [1.29, 1.82) is 0 Å². The zero-order valence-electron chi connectivity index (χ0n) is 7.93. The highest BCUT2D eigenvalue weighted by molar-refractivity contribution is 5.95. The fraction of sp³-hybridized carbons (Fsp3) is 0.200. The van der Waals surface area contributed by atoms with Crippen LogP contribution < -0.4 is 5.32 Å². The van der Waals surface area contributed by atoms with Crippen LogP contribution in [0.3, 0.4) is 0 Å². The molecule has 5 nitrogen and oxygen atoms in total. The van der Waals surface area contributed by atoms with Crippen LogP contribution >= 0.6 is 0 Å². The molecule has 0 saturated carbocycles. The molecule has 1 aromatic rings. The Morgan fingerprint density at radius 3 is 2.13 bits per heavy atom. The number of carbonyl (C=O) groups is 2. The van der Waals surface area contributed by atoms with Crippen molar-refractivity contribution in [3.63, 3.8) is 0 Å². The van der Waals surface area contributed by atoms with Crippen molar-refractivity contribution >= 4 is 11.9 Å². The summed E-state index contributed by atoms with van der Waals surface area (Å²) in [6.07, 6.45) is 0. The normalized spacial score (nSPS) is 9.67. The van der Waals surface area contributed by atoms with Crippen LogP contribution in [0.15, 0.2) is 24.3 Å². The van der Waals surface area contributed by atoms with Gasteiger partial charge in [0.05, 0.1) is 12.2 Å². The highest BCUT2D eigenvalue weighted by atomic mass is 16.4. The monoisotopic (exact) mass is 209 g/mol. The van der Waals surface area contributed by atoms with Gasteiger partial charge in [-0.25, -0.2) is 4.79 Å². The molecule has 0 spiro atoms. The zero-order chi connectivity index (χ0) is 11.3. The Balaban J connectivity index is 2.71. The predicted molar refractivity (Wildman–Crippen MR) is 52.8 cm³/mol. The maximum atomic E-state index is 11.3. The van der Waals surface area contributed by atoms with Crippen LogP contribution in [0.25, 0.3) is 0 Å². The van der Waals surface area contributed by atoms with Crippen molar-refractivity contribution in [3.8, 4) is 0 Å². The van der Waals surface area contributed by atoms with E-state index in [4.69, 9.17) is 10.2 Å². The molecular formula is C10H11NO4. The first-order valence-corrected chi connectivity index (χ1v) is 4.37. The van der Waals surface area contributed by atoms with Crippen LogP contribution in [0, 0.1) is 0 Å². The van der Waals surface area contributed by atoms with Gasteiger partial charge >= 0.3 is 5.97 Å². The quantitative estimate of drug-likeness (QED) is 0.656. The van der Waals surface area contributed by atoms with Crippen molar-refractivity contribution in [2.45, 2.75) is 0 Å². The number of aromatic carboxylic acids is 1. The highest BCUT2D eigenvalue weighted by Gasteiger charge is 2.06. The minimum atomic E-state index is -1.03. The third-order valence-corrected chi connectivity index (χ3v) is 1.79. The molecule has 3 N–H and O–H groups in total. The molecule has 0 fully saturated rings. The summed E-state index contributed by atoms with van der Waals surface area (Å²) in [5.74, 6) is -1.36. The van der Waals surface area contributed by atoms with E-state index in [0.29, 0.717) is 5.56 Å². The van der Waals surface area contributed by atoms with Crippen molar-refractivity contribution < 1.29 is 19.8 Å². The molecule has 15 heavy (non-hydrogen) atoms. The number of nitrogens with one attached hydrogen (secondary N) is 1. The lowest BCUT2D eigenvalue weighted by molar-refractivity contribution is 0.0696. The molecule has 0 unspecified atom stereocenters. The lowest BCUT2D eigenvalue weighted by atomic mass is 10.1. The van der Waals surface area contributed by atoms with E-state index >= 15 is 0 Å². The lowest BCUT2D eigenvalue weighted by Gasteiger charge is -2.02. The summed E-state index contributed by atoms with van der Waals surface area (Å²) >= 11 is 0. The van der Waals surface area contributed by atoms with E-state index in [9.17, 15) is 9.59 Å². The Kier molecular flexibility index (Phi) is 3.82. The Hall–Kier alpha value is -1.88. The number of hydrogen-bond donors (Lipinski definition) is 3. The molecule has 0 aromatic heterocycles. The highest BCUT2D eigenvalue weighted by Crippen LogP contribution is 2.04. The third kappa shape index (κ3) is 3.07. The molecule has 0 bridgehead atoms. The summed E-state index contributed by atoms with van der Waals surface area (Å²) in [4.78, 5) is 21.8. The second kappa shape index (κ2) is 5.11. The summed E-state index contributed by atoms with van der Waals surface area (Å²) in [6, 6.07) is 5.57. The molecule has 5 heteroatoms. The molecule has 80 valence electrons. The molecular weight excluding hydrogens is 198 g/mol. The summed E-state index contributed by atoms with van der Waals surface area (Å²) in [5, 5.41) is 19.6. The van der Waals surface area contributed by atoms with Crippen molar-refractivity contribution in [3.05, 3.63) is 35.4 Å². The van der Waals surface area contributed by atoms with Gasteiger partial charge in [0.1, 0.15) is 0 Å². The Labute approximate surface area is 86.4 Å². The summed E-state index contributed by atoms with van der Waals surface area (Å²) in [6.45, 7) is 0.0540. The largest absolute Gasteiger partial charge is 0.478 e. The fourth-order valence-corrected chi connectivity index (χ4v) is 1.04. The van der Waals surface area contributed by atoms with E-state index in [2.05, 4.69) is 5.32 Å². The van der Waals surface area contributed by atoms with Crippen molar-refractivity contribution in [2.75, 3.05) is 13.2 Å². The van der Waals surface area contributed by atoms with Gasteiger partial charge in [-0.15, -0.1) is 0 Å². The molecule has 1 amide bonds.